The number of carbonyl (C=O) groups is 2. The van der Waals surface area contributed by atoms with Gasteiger partial charge in [0, 0.05) is 79.3 Å². The molecule has 410 valence electrons. The summed E-state index contributed by atoms with van der Waals surface area (Å²) in [5.41, 5.74) is 14.4. The molecule has 0 saturated carbocycles. The molecule has 0 bridgehead atoms. The van der Waals surface area contributed by atoms with Crippen LogP contribution in [0.25, 0.3) is 0 Å². The molecule has 20 heteroatoms. The molecule has 2 amide bonds. The van der Waals surface area contributed by atoms with E-state index in [2.05, 4.69) is 81.8 Å². The maximum atomic E-state index is 13.4. The fourth-order valence-corrected chi connectivity index (χ4v) is 11.9. The Kier molecular flexibility index (Phi) is 16.4. The predicted molar refractivity (Wildman–Crippen MR) is 304 cm³/mol. The molecule has 0 radical (unpaired) electrons. The van der Waals surface area contributed by atoms with Gasteiger partial charge >= 0.3 is 0 Å². The van der Waals surface area contributed by atoms with Crippen LogP contribution < -0.4 is 35.1 Å². The number of nitrogens with zero attached hydrogens (tertiary/aromatic N) is 7. The van der Waals surface area contributed by atoms with E-state index in [1.807, 2.05) is 86.4 Å². The third-order valence-electron chi connectivity index (χ3n) is 14.9. The first-order valence-corrected chi connectivity index (χ1v) is 29.3. The zero-order chi connectivity index (χ0) is 56.4. The number of amides is 2. The average molecular weight is 1100 g/mol. The fraction of sp³-hybridized carbons (Fsp3) is 0.362. The quantitative estimate of drug-likeness (QED) is 0.0290. The first-order chi connectivity index (χ1) is 36.9. The Bertz CT molecular complexity index is 3570. The molecule has 3 aliphatic rings. The normalized spacial score (nSPS) is 17.8. The highest BCUT2D eigenvalue weighted by molar-refractivity contribution is 7.90. The van der Waals surface area contributed by atoms with Crippen molar-refractivity contribution in [2.45, 2.75) is 94.1 Å². The number of nitrogens with one attached hydrogen (secondary N) is 2. The highest BCUT2D eigenvalue weighted by Gasteiger charge is 2.45. The van der Waals surface area contributed by atoms with Gasteiger partial charge in [0.15, 0.2) is 33.8 Å². The second kappa shape index (κ2) is 22.5. The van der Waals surface area contributed by atoms with Gasteiger partial charge in [0.25, 0.3) is 27.7 Å². The summed E-state index contributed by atoms with van der Waals surface area (Å²) in [7, 11) is -0.441. The van der Waals surface area contributed by atoms with Gasteiger partial charge in [-0.2, -0.15) is 28.0 Å². The maximum absolute atomic E-state index is 13.4. The van der Waals surface area contributed by atoms with Crippen molar-refractivity contribution in [3.63, 3.8) is 0 Å². The molecule has 8 rings (SSSR count). The van der Waals surface area contributed by atoms with Gasteiger partial charge in [-0.1, -0.05) is 42.5 Å². The van der Waals surface area contributed by atoms with E-state index in [0.29, 0.717) is 72.9 Å². The second-order valence-corrected chi connectivity index (χ2v) is 24.7. The number of pyridine rings is 1. The molecular weight excluding hydrogens is 1030 g/mol. The van der Waals surface area contributed by atoms with E-state index in [4.69, 9.17) is 14.7 Å². The van der Waals surface area contributed by atoms with Crippen LogP contribution in [0.15, 0.2) is 130 Å². The van der Waals surface area contributed by atoms with Crippen LogP contribution in [-0.2, 0) is 66.4 Å². The first kappa shape index (κ1) is 56.8. The van der Waals surface area contributed by atoms with Gasteiger partial charge in [0.05, 0.1) is 36.4 Å². The third kappa shape index (κ3) is 11.7. The minimum absolute atomic E-state index is 0.0895. The molecule has 5 heterocycles. The van der Waals surface area contributed by atoms with Crippen LogP contribution in [0.1, 0.15) is 92.2 Å². The maximum Gasteiger partial charge on any atom is 0.296 e. The highest BCUT2D eigenvalue weighted by atomic mass is 32.2. The molecule has 78 heavy (non-hydrogen) atoms. The molecule has 3 aliphatic heterocycles. The monoisotopic (exact) mass is 1100 g/mol. The van der Waals surface area contributed by atoms with Gasteiger partial charge in [-0.15, -0.1) is 0 Å². The number of quaternary nitrogens is 1. The number of carbonyl (C=O) groups excluding carboxylic acids is 2. The number of ether oxygens (including phenoxy) is 1. The van der Waals surface area contributed by atoms with Crippen molar-refractivity contribution in [1.29, 1.82) is 0 Å². The molecule has 1 unspecified atom stereocenters. The van der Waals surface area contributed by atoms with Gasteiger partial charge in [0.1, 0.15) is 25.8 Å². The van der Waals surface area contributed by atoms with Crippen molar-refractivity contribution in [2.24, 2.45) is 12.0 Å². The topological polar surface area (TPSA) is 219 Å². The van der Waals surface area contributed by atoms with E-state index in [9.17, 15) is 26.4 Å². The number of nitrogens with two attached hydrogens (primary N) is 1. The Morgan fingerprint density at radius 3 is 2.29 bits per heavy atom. The molecule has 5 aromatic rings. The first-order valence-electron chi connectivity index (χ1n) is 26.0. The Hall–Kier alpha value is -7.39. The van der Waals surface area contributed by atoms with E-state index < -0.39 is 30.8 Å². The van der Waals surface area contributed by atoms with Crippen molar-refractivity contribution in [3.05, 3.63) is 149 Å². The number of anilines is 2. The van der Waals surface area contributed by atoms with Crippen molar-refractivity contribution < 1.29 is 44.5 Å². The van der Waals surface area contributed by atoms with Crippen molar-refractivity contribution >= 4 is 72.6 Å². The van der Waals surface area contributed by atoms with E-state index >= 15 is 0 Å². The summed E-state index contributed by atoms with van der Waals surface area (Å²) in [4.78, 5) is 42.2. The summed E-state index contributed by atoms with van der Waals surface area (Å²) in [5, 5.41) is 6.07. The lowest BCUT2D eigenvalue weighted by Crippen LogP contribution is -2.37. The van der Waals surface area contributed by atoms with Gasteiger partial charge in [-0.3, -0.25) is 13.8 Å². The highest BCUT2D eigenvalue weighted by Crippen LogP contribution is 2.51. The number of rotatable bonds is 21. The molecule has 1 atom stereocenters. The minimum Gasteiger partial charge on any atom is -0.471 e. The molecule has 0 aliphatic carbocycles. The number of likely N-dealkylation sites (N-methyl/N-ethyl adjacent to an activating group) is 1. The average Bonchev–Trinajstić information content (AvgIpc) is 4.18. The molecule has 0 fully saturated rings. The molecule has 0 spiro atoms. The Morgan fingerprint density at radius 1 is 0.885 bits per heavy atom. The van der Waals surface area contributed by atoms with Crippen molar-refractivity contribution in [1.82, 2.24) is 25.1 Å². The van der Waals surface area contributed by atoms with E-state index in [1.165, 1.54) is 6.26 Å². The van der Waals surface area contributed by atoms with E-state index in [-0.39, 0.29) is 40.6 Å². The number of fused-ring (bicyclic) bond motifs is 3. The van der Waals surface area contributed by atoms with Crippen LogP contribution >= 0.6 is 0 Å². The summed E-state index contributed by atoms with van der Waals surface area (Å²) in [5.74, 6) is 0.813. The molecule has 18 nitrogen and oxygen atoms in total. The summed E-state index contributed by atoms with van der Waals surface area (Å²) in [6.45, 7) is 12.7. The summed E-state index contributed by atoms with van der Waals surface area (Å²) < 4.78 is 66.1. The van der Waals surface area contributed by atoms with Gasteiger partial charge in [0.2, 0.25) is 23.2 Å². The van der Waals surface area contributed by atoms with E-state index in [1.54, 1.807) is 42.9 Å². The second-order valence-electron chi connectivity index (χ2n) is 21.0. The number of nitrogen functional groups attached to an aromatic ring is 1. The number of hydrogen-bond acceptors (Lipinski definition) is 13. The van der Waals surface area contributed by atoms with E-state index in [0.717, 1.165) is 57.8 Å². The number of aliphatic imine (C=N–C) groups is 1. The van der Waals surface area contributed by atoms with Gasteiger partial charge < -0.3 is 26.0 Å². The number of allylic oxidation sites excluding steroid dienone is 6. The Labute approximate surface area is 458 Å². The van der Waals surface area contributed by atoms with Crippen LogP contribution in [0.5, 0.6) is 5.88 Å². The lowest BCUT2D eigenvalue weighted by atomic mass is 9.77. The van der Waals surface area contributed by atoms with Crippen molar-refractivity contribution in [2.75, 3.05) is 57.7 Å². The minimum atomic E-state index is -3.87. The standard InChI is InChI=1S/C58H69N10O8S2/c1-11-66-47-29-27-44(78(73,74)75-9)34-45(47)57(3,4)49(66)17-14-13-15-18-50-58(5,46-33-43(77(10,71)72)26-28-48(46)67(50)12-2)31-16-19-51(69)60-32-30-42-25-24-41(36-65(42)6)54(70)61-35-39-20-22-40(23-21-39)37-76-55-52-53(63-56(59)64-55)68(7,8)38-62-52/h13-15,17-18,20-29,33-34,36,38H,11-12,16,19,30-32,35,37H2,1-10H3,(H2-2,59,60,61,63,64,69,70)/q+1/p+2. The summed E-state index contributed by atoms with van der Waals surface area (Å²) in [6.07, 6.45) is 16.7. The third-order valence-corrected chi connectivity index (χ3v) is 17.3. The van der Waals surface area contributed by atoms with Crippen LogP contribution in [0.4, 0.5) is 28.8 Å². The van der Waals surface area contributed by atoms with Crippen LogP contribution in [0, 0.1) is 0 Å². The van der Waals surface area contributed by atoms with Crippen LogP contribution in [-0.4, -0.2) is 102 Å². The number of benzene rings is 3. The molecule has 4 N–H and O–H groups in total. The molecule has 2 aromatic heterocycles. The predicted octanol–water partition coefficient (Wildman–Crippen LogP) is 7.09. The molecular formula is C58H71N10O8S2+3. The van der Waals surface area contributed by atoms with Crippen LogP contribution in [0.2, 0.25) is 0 Å². The Morgan fingerprint density at radius 2 is 1.60 bits per heavy atom. The lowest BCUT2D eigenvalue weighted by molar-refractivity contribution is -0.679. The summed E-state index contributed by atoms with van der Waals surface area (Å²) >= 11 is 0. The number of aryl methyl sites for hydroxylation is 1. The number of aromatic nitrogens is 3. The number of sulfone groups is 1. The molecule has 3 aromatic carbocycles. The smallest absolute Gasteiger partial charge is 0.296 e. The summed E-state index contributed by atoms with van der Waals surface area (Å²) in [6, 6.07) is 21.8. The largest absolute Gasteiger partial charge is 0.471 e. The Balaban J connectivity index is 0.856. The zero-order valence-electron chi connectivity index (χ0n) is 46.1. The SMILES string of the molecule is CCN1C(=CC=CC=CC2=[N+](CC)c3ccc(S(=O)(=O)OC)cc3C2(C)C)C(C)(CCCC(=O)NCCc2ccc(C(=O)NCc3ccc(COc4nc(N)nc5c4N=C[N+]5(C)C)cc3)c[n+]2C)c2cc(S(C)(=O)=O)ccc21. The lowest BCUT2D eigenvalue weighted by Gasteiger charge is -2.30. The van der Waals surface area contributed by atoms with Gasteiger partial charge in [-0.05, 0) is 107 Å². The van der Waals surface area contributed by atoms with Crippen molar-refractivity contribution in [3.8, 4) is 5.88 Å². The fourth-order valence-electron chi connectivity index (χ4n) is 10.5. The van der Waals surface area contributed by atoms with Crippen LogP contribution in [0.3, 0.4) is 0 Å². The number of hydrogen-bond donors (Lipinski definition) is 3. The molecule has 0 saturated heterocycles. The zero-order valence-corrected chi connectivity index (χ0v) is 47.8. The van der Waals surface area contributed by atoms with Gasteiger partial charge in [-0.25, -0.2) is 17.5 Å².